The van der Waals surface area contributed by atoms with Crippen LogP contribution in [0.4, 0.5) is 18.9 Å². The van der Waals surface area contributed by atoms with Crippen LogP contribution < -0.4 is 5.32 Å². The summed E-state index contributed by atoms with van der Waals surface area (Å²) in [7, 11) is 0. The number of aromatic nitrogens is 3. The zero-order valence-corrected chi connectivity index (χ0v) is 13.4. The van der Waals surface area contributed by atoms with E-state index >= 15 is 0 Å². The molecule has 0 fully saturated rings. The minimum Gasteiger partial charge on any atom is -0.325 e. The van der Waals surface area contributed by atoms with E-state index in [1.165, 1.54) is 0 Å². The van der Waals surface area contributed by atoms with Crippen LogP contribution in [0.5, 0.6) is 0 Å². The number of alkyl halides is 3. The molecule has 0 aliphatic heterocycles. The molecule has 0 unspecified atom stereocenters. The fraction of sp³-hybridized carbons (Fsp3) is 0.125. The molecule has 0 spiro atoms. The van der Waals surface area contributed by atoms with E-state index in [4.69, 9.17) is 0 Å². The summed E-state index contributed by atoms with van der Waals surface area (Å²) in [4.78, 5) is 23.4. The van der Waals surface area contributed by atoms with Crippen LogP contribution in [-0.2, 0) is 11.0 Å². The average molecular weight is 364 g/mol. The second kappa shape index (κ2) is 7.06. The molecular weight excluding hydrogens is 353 g/mol. The van der Waals surface area contributed by atoms with Crippen molar-refractivity contribution < 1.29 is 18.0 Å². The monoisotopic (exact) mass is 364 g/mol. The molecule has 128 valence electrons. The highest BCUT2D eigenvalue weighted by Gasteiger charge is 2.32. The van der Waals surface area contributed by atoms with Gasteiger partial charge in [0.15, 0.2) is 5.16 Å². The molecule has 0 saturated carbocycles. The molecule has 0 aliphatic rings. The Hall–Kier alpha value is -2.68. The van der Waals surface area contributed by atoms with Gasteiger partial charge in [-0.15, -0.1) is 0 Å². The van der Waals surface area contributed by atoms with Gasteiger partial charge in [0.05, 0.1) is 17.0 Å². The maximum Gasteiger partial charge on any atom is 0.433 e. The van der Waals surface area contributed by atoms with Gasteiger partial charge < -0.3 is 5.32 Å². The van der Waals surface area contributed by atoms with Crippen LogP contribution in [0.15, 0.2) is 53.9 Å². The number of anilines is 1. The van der Waals surface area contributed by atoms with Crippen LogP contribution in [0.25, 0.3) is 10.9 Å². The lowest BCUT2D eigenvalue weighted by molar-refractivity contribution is -0.141. The molecule has 0 bridgehead atoms. The quantitative estimate of drug-likeness (QED) is 0.564. The summed E-state index contributed by atoms with van der Waals surface area (Å²) in [5.41, 5.74) is 0.279. The molecule has 25 heavy (non-hydrogen) atoms. The van der Waals surface area contributed by atoms with Gasteiger partial charge in [-0.1, -0.05) is 17.8 Å². The number of halogens is 3. The van der Waals surface area contributed by atoms with Crippen molar-refractivity contribution in [2.45, 2.75) is 11.3 Å². The molecule has 1 aromatic carbocycles. The predicted octanol–water partition coefficient (Wildman–Crippen LogP) is 3.77. The van der Waals surface area contributed by atoms with E-state index in [1.54, 1.807) is 24.4 Å². The molecular formula is C16H11F3N4OS. The van der Waals surface area contributed by atoms with Crippen LogP contribution >= 0.6 is 11.8 Å². The summed E-state index contributed by atoms with van der Waals surface area (Å²) in [6.07, 6.45) is -1.88. The number of nitrogens with zero attached hydrogens (tertiary/aromatic N) is 3. The molecule has 0 aliphatic carbocycles. The zero-order valence-electron chi connectivity index (χ0n) is 12.6. The summed E-state index contributed by atoms with van der Waals surface area (Å²) >= 11 is 0.834. The third kappa shape index (κ3) is 4.24. The Balaban J connectivity index is 1.67. The summed E-state index contributed by atoms with van der Waals surface area (Å²) in [6.45, 7) is 0. The normalized spacial score (nSPS) is 11.5. The van der Waals surface area contributed by atoms with Gasteiger partial charge in [0, 0.05) is 17.8 Å². The van der Waals surface area contributed by atoms with Crippen molar-refractivity contribution in [2.24, 2.45) is 0 Å². The van der Waals surface area contributed by atoms with E-state index in [2.05, 4.69) is 20.3 Å². The number of amides is 1. The first kappa shape index (κ1) is 17.2. The number of pyridine rings is 1. The predicted molar refractivity (Wildman–Crippen MR) is 88.1 cm³/mol. The Morgan fingerprint density at radius 2 is 1.92 bits per heavy atom. The van der Waals surface area contributed by atoms with Crippen molar-refractivity contribution >= 4 is 34.3 Å². The number of fused-ring (bicyclic) bond motifs is 1. The van der Waals surface area contributed by atoms with Gasteiger partial charge in [0.25, 0.3) is 0 Å². The Morgan fingerprint density at radius 3 is 2.72 bits per heavy atom. The summed E-state index contributed by atoms with van der Waals surface area (Å²) in [5, 5.41) is 3.39. The Morgan fingerprint density at radius 1 is 1.08 bits per heavy atom. The van der Waals surface area contributed by atoms with Crippen LogP contribution in [0.1, 0.15) is 5.69 Å². The van der Waals surface area contributed by atoms with Crippen molar-refractivity contribution in [3.63, 3.8) is 0 Å². The van der Waals surface area contributed by atoms with Gasteiger partial charge in [-0.2, -0.15) is 13.2 Å². The number of hydrogen-bond donors (Lipinski definition) is 1. The van der Waals surface area contributed by atoms with Crippen molar-refractivity contribution in [2.75, 3.05) is 11.1 Å². The fourth-order valence-electron chi connectivity index (χ4n) is 2.10. The Kier molecular flexibility index (Phi) is 4.84. The van der Waals surface area contributed by atoms with E-state index < -0.39 is 11.9 Å². The molecule has 3 rings (SSSR count). The SMILES string of the molecule is O=C(CSc1nccc(C(F)(F)F)n1)Nc1cccc2ncccc12. The number of rotatable bonds is 4. The van der Waals surface area contributed by atoms with Gasteiger partial charge in [-0.05, 0) is 30.3 Å². The second-order valence-corrected chi connectivity index (χ2v) is 5.88. The topological polar surface area (TPSA) is 67.8 Å². The van der Waals surface area contributed by atoms with Crippen LogP contribution in [0.2, 0.25) is 0 Å². The third-order valence-corrected chi connectivity index (χ3v) is 4.04. The molecule has 0 radical (unpaired) electrons. The molecule has 0 atom stereocenters. The number of thioether (sulfide) groups is 1. The molecule has 2 aromatic heterocycles. The smallest absolute Gasteiger partial charge is 0.325 e. The van der Waals surface area contributed by atoms with Crippen LogP contribution in [0, 0.1) is 0 Å². The van der Waals surface area contributed by atoms with Gasteiger partial charge in [0.2, 0.25) is 5.91 Å². The summed E-state index contributed by atoms with van der Waals surface area (Å²) in [6, 6.07) is 9.66. The maximum atomic E-state index is 12.6. The molecule has 1 amide bonds. The average Bonchev–Trinajstić information content (AvgIpc) is 2.60. The first-order chi connectivity index (χ1) is 11.9. The van der Waals surface area contributed by atoms with E-state index in [1.807, 2.05) is 12.1 Å². The van der Waals surface area contributed by atoms with Crippen molar-refractivity contribution in [1.82, 2.24) is 15.0 Å². The number of carbonyl (C=O) groups is 1. The third-order valence-electron chi connectivity index (χ3n) is 3.18. The minimum atomic E-state index is -4.55. The minimum absolute atomic E-state index is 0.107. The largest absolute Gasteiger partial charge is 0.433 e. The van der Waals surface area contributed by atoms with E-state index in [-0.39, 0.29) is 16.8 Å². The van der Waals surface area contributed by atoms with Gasteiger partial charge in [0.1, 0.15) is 5.69 Å². The molecule has 1 N–H and O–H groups in total. The first-order valence-electron chi connectivity index (χ1n) is 7.10. The first-order valence-corrected chi connectivity index (χ1v) is 8.09. The van der Waals surface area contributed by atoms with Gasteiger partial charge in [-0.3, -0.25) is 9.78 Å². The van der Waals surface area contributed by atoms with Crippen molar-refractivity contribution in [3.05, 3.63) is 54.5 Å². The highest BCUT2D eigenvalue weighted by atomic mass is 32.2. The maximum absolute atomic E-state index is 12.6. The number of benzene rings is 1. The highest BCUT2D eigenvalue weighted by Crippen LogP contribution is 2.28. The van der Waals surface area contributed by atoms with Crippen molar-refractivity contribution in [3.8, 4) is 0 Å². The highest BCUT2D eigenvalue weighted by molar-refractivity contribution is 7.99. The molecule has 0 saturated heterocycles. The summed E-state index contributed by atoms with van der Waals surface area (Å²) in [5.74, 6) is -0.486. The lowest BCUT2D eigenvalue weighted by atomic mass is 10.2. The standard InChI is InChI=1S/C16H11F3N4OS/c17-16(18,19)13-6-8-21-15(23-13)25-9-14(24)22-12-5-1-4-11-10(12)3-2-7-20-11/h1-8H,9H2,(H,22,24). The number of hydrogen-bond acceptors (Lipinski definition) is 5. The van der Waals surface area contributed by atoms with E-state index in [9.17, 15) is 18.0 Å². The molecule has 3 aromatic rings. The fourth-order valence-corrected chi connectivity index (χ4v) is 2.73. The van der Waals surface area contributed by atoms with Gasteiger partial charge in [-0.25, -0.2) is 9.97 Å². The lowest BCUT2D eigenvalue weighted by Crippen LogP contribution is -2.15. The Bertz CT molecular complexity index is 912. The number of nitrogens with one attached hydrogen (secondary N) is 1. The second-order valence-electron chi connectivity index (χ2n) is 4.93. The molecule has 2 heterocycles. The van der Waals surface area contributed by atoms with Crippen LogP contribution in [-0.4, -0.2) is 26.6 Å². The summed E-state index contributed by atoms with van der Waals surface area (Å²) < 4.78 is 37.9. The lowest BCUT2D eigenvalue weighted by Gasteiger charge is -2.08. The van der Waals surface area contributed by atoms with E-state index in [0.29, 0.717) is 5.69 Å². The Labute approximate surface area is 144 Å². The molecule has 5 nitrogen and oxygen atoms in total. The molecule has 9 heteroatoms. The zero-order chi connectivity index (χ0) is 17.9. The number of carbonyl (C=O) groups excluding carboxylic acids is 1. The van der Waals surface area contributed by atoms with Crippen molar-refractivity contribution in [1.29, 1.82) is 0 Å². The van der Waals surface area contributed by atoms with Crippen LogP contribution in [0.3, 0.4) is 0 Å². The van der Waals surface area contributed by atoms with Gasteiger partial charge >= 0.3 is 6.18 Å². The van der Waals surface area contributed by atoms with E-state index in [0.717, 1.165) is 34.9 Å².